The summed E-state index contributed by atoms with van der Waals surface area (Å²) >= 11 is 1.22. The van der Waals surface area contributed by atoms with E-state index in [9.17, 15) is 48.3 Å². The summed E-state index contributed by atoms with van der Waals surface area (Å²) in [5, 5.41) is 20.8. The lowest BCUT2D eigenvalue weighted by Gasteiger charge is -2.31. The molecule has 8 amide bonds. The van der Waals surface area contributed by atoms with Gasteiger partial charge in [0.1, 0.15) is 12.4 Å². The molecule has 0 aromatic heterocycles. The molecule has 3 aromatic carbocycles. The van der Waals surface area contributed by atoms with Crippen LogP contribution in [0.1, 0.15) is 123 Å². The number of fused-ring (bicyclic) bond motifs is 4. The van der Waals surface area contributed by atoms with Crippen LogP contribution in [0.3, 0.4) is 0 Å². The molecule has 5 aliphatic heterocycles. The van der Waals surface area contributed by atoms with Crippen LogP contribution in [0.25, 0.3) is 0 Å². The van der Waals surface area contributed by atoms with E-state index < -0.39 is 48.2 Å². The van der Waals surface area contributed by atoms with Crippen molar-refractivity contribution >= 4 is 76.4 Å². The summed E-state index contributed by atoms with van der Waals surface area (Å²) in [6.07, 6.45) is 5.73. The molecular weight excluding hydrogens is 1160 g/mol. The number of hydrogen-bond donors (Lipinski definition) is 5. The van der Waals surface area contributed by atoms with Crippen LogP contribution in [0.4, 0.5) is 21.0 Å². The van der Waals surface area contributed by atoms with Crippen LogP contribution in [0.15, 0.2) is 83.8 Å². The van der Waals surface area contributed by atoms with Crippen molar-refractivity contribution in [1.29, 1.82) is 0 Å². The Kier molecular flexibility index (Phi) is 23.0. The molecule has 5 aliphatic rings. The first-order chi connectivity index (χ1) is 42.7. The first-order valence-corrected chi connectivity index (χ1v) is 31.5. The van der Waals surface area contributed by atoms with Crippen molar-refractivity contribution < 1.29 is 71.9 Å². The molecule has 0 spiro atoms. The highest BCUT2D eigenvalue weighted by Crippen LogP contribution is 2.43. The number of imide groups is 1. The number of primary amides is 1. The number of nitrogens with one attached hydrogen (secondary N) is 3. The molecule has 89 heavy (non-hydrogen) atoms. The number of methoxy groups -OCH3 is 2. The molecule has 24 heteroatoms. The first-order valence-electron chi connectivity index (χ1n) is 30.3. The molecule has 2 fully saturated rings. The van der Waals surface area contributed by atoms with Gasteiger partial charge in [0.15, 0.2) is 35.0 Å². The number of hydrogen-bond acceptors (Lipinski definition) is 17. The minimum absolute atomic E-state index is 0.0347. The number of nitrogens with zero attached hydrogens (tertiary/aromatic N) is 4. The average molecular weight is 1250 g/mol. The van der Waals surface area contributed by atoms with E-state index in [0.29, 0.717) is 109 Å². The Morgan fingerprint density at radius 1 is 0.787 bits per heavy atom. The Morgan fingerprint density at radius 2 is 1.43 bits per heavy atom. The summed E-state index contributed by atoms with van der Waals surface area (Å²) in [5.74, 6) is -1.61. The van der Waals surface area contributed by atoms with E-state index in [1.165, 1.54) is 54.0 Å². The Bertz CT molecular complexity index is 3240. The van der Waals surface area contributed by atoms with Gasteiger partial charge in [-0.1, -0.05) is 68.8 Å². The number of carbonyl (C=O) groups excluding carboxylic acids is 9. The van der Waals surface area contributed by atoms with Crippen LogP contribution in [-0.2, 0) is 41.7 Å². The quantitative estimate of drug-likeness (QED) is 0.0241. The molecule has 0 unspecified atom stereocenters. The van der Waals surface area contributed by atoms with Crippen molar-refractivity contribution in [3.8, 4) is 23.0 Å². The number of amides is 8. The van der Waals surface area contributed by atoms with E-state index in [4.69, 9.17) is 29.4 Å². The Balaban J connectivity index is 0.857. The van der Waals surface area contributed by atoms with Crippen LogP contribution in [0.5, 0.6) is 23.0 Å². The Hall–Kier alpha value is -8.38. The summed E-state index contributed by atoms with van der Waals surface area (Å²) in [5.41, 5.74) is 9.48. The van der Waals surface area contributed by atoms with Crippen LogP contribution >= 0.6 is 11.8 Å². The number of aliphatic hydroxyl groups is 1. The summed E-state index contributed by atoms with van der Waals surface area (Å²) in [6.45, 7) is 13.8. The average Bonchev–Trinajstić information content (AvgIpc) is 1.77. The number of unbranched alkanes of at least 4 members (excludes halogenated alkanes) is 4. The van der Waals surface area contributed by atoms with E-state index in [1.807, 2.05) is 18.7 Å². The highest BCUT2D eigenvalue weighted by molar-refractivity contribution is 8.03. The fourth-order valence-electron chi connectivity index (χ4n) is 11.8. The van der Waals surface area contributed by atoms with Gasteiger partial charge in [0.2, 0.25) is 5.91 Å². The van der Waals surface area contributed by atoms with Crippen molar-refractivity contribution in [1.82, 2.24) is 25.3 Å². The third-order valence-electron chi connectivity index (χ3n) is 16.7. The summed E-state index contributed by atoms with van der Waals surface area (Å²) in [4.78, 5) is 125. The molecule has 3 aromatic rings. The molecule has 6 N–H and O–H groups in total. The van der Waals surface area contributed by atoms with Crippen LogP contribution < -0.4 is 45.5 Å². The van der Waals surface area contributed by atoms with E-state index in [0.717, 1.165) is 16.9 Å². The number of anilines is 2. The smallest absolute Gasteiger partial charge is 0.416 e. The lowest BCUT2D eigenvalue weighted by molar-refractivity contribution is -0.137. The molecule has 5 heterocycles. The second kappa shape index (κ2) is 30.7. The van der Waals surface area contributed by atoms with E-state index in [1.54, 1.807) is 42.7 Å². The standard InChI is InChI=1S/C65H82N8O15S/c1-38(2)45(28-44(74)15-10-8-11-22-70-58(76)33-57(89-7)63(70)81)59(77)69-48(16-14-21-67-64(66)82)52(75)27-41-17-19-42(20-18-41)37-88-65(83)73-50-32-56(54(85-6)30-47(50)61(79)72-36-40(4)26-51(72)62(73)80)87-24-13-9-12-23-86-55-31-49-46(29-53(55)84-5)60(78)71-35-39(3)25-43(71)34-68-49/h17-20,29-33,38,43,45,48,51,62,68,80H,3-4,8-16,21-28,34-37H2,1-2,5-7H3,(H,69,77)(H3,66,67,82)/t43-,45-,48-,51-,62-/m0/s1. The lowest BCUT2D eigenvalue weighted by atomic mass is 9.88. The number of aliphatic hydroxyl groups excluding tert-OH is 1. The van der Waals surface area contributed by atoms with E-state index >= 15 is 0 Å². The highest BCUT2D eigenvalue weighted by atomic mass is 32.2. The molecule has 0 saturated carbocycles. The Labute approximate surface area is 523 Å². The van der Waals surface area contributed by atoms with E-state index in [-0.39, 0.29) is 129 Å². The zero-order valence-corrected chi connectivity index (χ0v) is 52.2. The fourth-order valence-corrected chi connectivity index (χ4v) is 12.3. The van der Waals surface area contributed by atoms with Gasteiger partial charge >= 0.3 is 12.1 Å². The van der Waals surface area contributed by atoms with Crippen molar-refractivity contribution in [3.05, 3.63) is 106 Å². The number of rotatable bonds is 31. The number of urea groups is 1. The number of Topliss-reactive ketones (excluding diaryl/α,β-unsaturated/α-hetero) is 2. The van der Waals surface area contributed by atoms with Crippen LogP contribution in [-0.4, -0.2) is 164 Å². The van der Waals surface area contributed by atoms with Gasteiger partial charge < -0.3 is 60.3 Å². The molecule has 0 bridgehead atoms. The summed E-state index contributed by atoms with van der Waals surface area (Å²) in [7, 11) is 2.97. The van der Waals surface area contributed by atoms with Crippen molar-refractivity contribution in [2.45, 2.75) is 128 Å². The highest BCUT2D eigenvalue weighted by Gasteiger charge is 2.47. The minimum Gasteiger partial charge on any atom is -0.493 e. The van der Waals surface area contributed by atoms with Gasteiger partial charge in [0, 0.05) is 76.1 Å². The first kappa shape index (κ1) is 66.6. The van der Waals surface area contributed by atoms with Gasteiger partial charge in [-0.15, -0.1) is 11.8 Å². The molecule has 0 radical (unpaired) electrons. The SMILES string of the molecule is C=C1C[C@H]2CNc3cc(OCCCCCOc4cc5c(cc4OC)C(=O)N4CC(=C)C[C@H]4[C@H](O)N5C(=O)OCc4ccc(CC(=O)[C@H](CCCNC(N)=O)NC(=O)[C@@H](CC(=O)CCCCCN5C(=O)C=C(SC)C5=O)C(C)C)cc4)c(OC)cc3C(=O)N2C1. The second-order valence-electron chi connectivity index (χ2n) is 23.4. The zero-order valence-electron chi connectivity index (χ0n) is 51.4. The third-order valence-corrected chi connectivity index (χ3v) is 17.4. The molecule has 5 atom stereocenters. The lowest BCUT2D eigenvalue weighted by Crippen LogP contribution is -2.50. The maximum Gasteiger partial charge on any atom is 0.416 e. The fraction of sp³-hybridized carbons (Fsp3) is 0.492. The van der Waals surface area contributed by atoms with Crippen molar-refractivity contribution in [3.63, 3.8) is 0 Å². The number of thioether (sulfide) groups is 1. The van der Waals surface area contributed by atoms with Gasteiger partial charge in [-0.2, -0.15) is 0 Å². The normalized spacial score (nSPS) is 18.5. The topological polar surface area (TPSA) is 295 Å². The van der Waals surface area contributed by atoms with Gasteiger partial charge in [-0.25, -0.2) is 14.5 Å². The number of benzene rings is 3. The van der Waals surface area contributed by atoms with Crippen LogP contribution in [0, 0.1) is 11.8 Å². The van der Waals surface area contributed by atoms with Crippen molar-refractivity contribution in [2.75, 3.05) is 76.6 Å². The number of ether oxygens (including phenoxy) is 5. The summed E-state index contributed by atoms with van der Waals surface area (Å²) < 4.78 is 29.6. The van der Waals surface area contributed by atoms with E-state index in [2.05, 4.69) is 29.1 Å². The van der Waals surface area contributed by atoms with Gasteiger partial charge in [-0.05, 0) is 93.2 Å². The van der Waals surface area contributed by atoms with Crippen LogP contribution in [0.2, 0.25) is 0 Å². The molecule has 0 aliphatic carbocycles. The second-order valence-corrected chi connectivity index (χ2v) is 24.3. The molecular formula is C65H82N8O15S. The third kappa shape index (κ3) is 16.5. The van der Waals surface area contributed by atoms with Crippen molar-refractivity contribution in [2.24, 2.45) is 17.6 Å². The van der Waals surface area contributed by atoms with Gasteiger partial charge in [-0.3, -0.25) is 38.5 Å². The molecule has 478 valence electrons. The van der Waals surface area contributed by atoms with Gasteiger partial charge in [0.05, 0.1) is 73.0 Å². The number of ketones is 2. The summed E-state index contributed by atoms with van der Waals surface area (Å²) in [6, 6.07) is 10.8. The maximum absolute atomic E-state index is 14.3. The molecule has 2 saturated heterocycles. The minimum atomic E-state index is -1.54. The zero-order chi connectivity index (χ0) is 64.1. The molecule has 23 nitrogen and oxygen atoms in total. The Morgan fingerprint density at radius 3 is 2.09 bits per heavy atom. The maximum atomic E-state index is 14.3. The monoisotopic (exact) mass is 1250 g/mol. The largest absolute Gasteiger partial charge is 0.493 e. The predicted octanol–water partition coefficient (Wildman–Crippen LogP) is 7.23. The number of carbonyl (C=O) groups is 9. The van der Waals surface area contributed by atoms with Gasteiger partial charge in [0.25, 0.3) is 23.6 Å². The predicted molar refractivity (Wildman–Crippen MR) is 334 cm³/mol. The number of nitrogens with two attached hydrogens (primary N) is 1. The molecule has 8 rings (SSSR count).